The molecular weight excluding hydrogens is 332 g/mol. The van der Waals surface area contributed by atoms with E-state index < -0.39 is 10.0 Å². The lowest BCUT2D eigenvalue weighted by Gasteiger charge is -2.34. The Hall–Kier alpha value is -1.45. The summed E-state index contributed by atoms with van der Waals surface area (Å²) in [6.07, 6.45) is 0. The van der Waals surface area contributed by atoms with Gasteiger partial charge in [-0.25, -0.2) is 8.42 Å². The van der Waals surface area contributed by atoms with Crippen molar-refractivity contribution in [2.24, 2.45) is 0 Å². The molecule has 1 aliphatic rings. The van der Waals surface area contributed by atoms with Crippen LogP contribution < -0.4 is 5.32 Å². The van der Waals surface area contributed by atoms with E-state index in [4.69, 9.17) is 4.52 Å². The lowest BCUT2D eigenvalue weighted by atomic mass is 10.1. The van der Waals surface area contributed by atoms with Crippen molar-refractivity contribution in [1.82, 2.24) is 19.7 Å². The van der Waals surface area contributed by atoms with E-state index in [-0.39, 0.29) is 36.0 Å². The van der Waals surface area contributed by atoms with Gasteiger partial charge < -0.3 is 14.7 Å². The van der Waals surface area contributed by atoms with E-state index in [1.54, 1.807) is 18.7 Å². The topological polar surface area (TPSA) is 95.8 Å². The maximum absolute atomic E-state index is 12.7. The number of carbonyl (C=O) groups excluding carboxylic acids is 1. The van der Waals surface area contributed by atoms with E-state index in [1.165, 1.54) is 4.31 Å². The van der Waals surface area contributed by atoms with E-state index in [0.29, 0.717) is 24.5 Å². The summed E-state index contributed by atoms with van der Waals surface area (Å²) in [6.45, 7) is 10.7. The van der Waals surface area contributed by atoms with E-state index in [0.717, 1.165) is 0 Å². The highest BCUT2D eigenvalue weighted by atomic mass is 32.2. The highest BCUT2D eigenvalue weighted by Gasteiger charge is 2.34. The quantitative estimate of drug-likeness (QED) is 0.843. The molecular formula is C15H26N4O4S. The number of amides is 1. The van der Waals surface area contributed by atoms with Crippen LogP contribution in [0.2, 0.25) is 0 Å². The summed E-state index contributed by atoms with van der Waals surface area (Å²) in [5.74, 6) is 0.277. The molecule has 0 saturated carbocycles. The summed E-state index contributed by atoms with van der Waals surface area (Å²) in [4.78, 5) is 14.0. The van der Waals surface area contributed by atoms with Crippen LogP contribution in [0.3, 0.4) is 0 Å². The molecule has 1 fully saturated rings. The number of carbonyl (C=O) groups is 1. The number of hydrogen-bond donors (Lipinski definition) is 1. The second-order valence-corrected chi connectivity index (χ2v) is 8.92. The van der Waals surface area contributed by atoms with Crippen molar-refractivity contribution in [3.05, 3.63) is 11.5 Å². The summed E-state index contributed by atoms with van der Waals surface area (Å²) in [7, 11) is -3.64. The summed E-state index contributed by atoms with van der Waals surface area (Å²) in [5, 5.41) is 6.87. The van der Waals surface area contributed by atoms with Crippen LogP contribution in [0, 0.1) is 13.8 Å². The van der Waals surface area contributed by atoms with Gasteiger partial charge in [-0.1, -0.05) is 5.16 Å². The minimum atomic E-state index is -3.64. The van der Waals surface area contributed by atoms with E-state index in [2.05, 4.69) is 10.5 Å². The Bertz CT molecular complexity index is 678. The number of hydrogen-bond acceptors (Lipinski definition) is 6. The first-order valence-corrected chi connectivity index (χ1v) is 9.42. The molecule has 8 nitrogen and oxygen atoms in total. The highest BCUT2D eigenvalue weighted by molar-refractivity contribution is 7.89. The molecule has 1 amide bonds. The predicted molar refractivity (Wildman–Crippen MR) is 89.1 cm³/mol. The first kappa shape index (κ1) is 18.9. The molecule has 2 heterocycles. The van der Waals surface area contributed by atoms with Gasteiger partial charge in [0.05, 0.1) is 6.54 Å². The average Bonchev–Trinajstić information content (AvgIpc) is 2.84. The zero-order chi connectivity index (χ0) is 18.1. The predicted octanol–water partition coefficient (Wildman–Crippen LogP) is 0.512. The van der Waals surface area contributed by atoms with Crippen molar-refractivity contribution in [3.8, 4) is 0 Å². The van der Waals surface area contributed by atoms with Gasteiger partial charge in [0.2, 0.25) is 15.9 Å². The minimum Gasteiger partial charge on any atom is -0.360 e. The second-order valence-electron chi connectivity index (χ2n) is 7.04. The van der Waals surface area contributed by atoms with Gasteiger partial charge >= 0.3 is 0 Å². The fourth-order valence-electron chi connectivity index (χ4n) is 2.60. The Morgan fingerprint density at radius 3 is 2.25 bits per heavy atom. The van der Waals surface area contributed by atoms with Crippen molar-refractivity contribution in [1.29, 1.82) is 0 Å². The normalized spacial score (nSPS) is 17.3. The maximum Gasteiger partial charge on any atom is 0.248 e. The third-order valence-corrected chi connectivity index (χ3v) is 6.07. The third kappa shape index (κ3) is 4.14. The number of rotatable bonds is 4. The zero-order valence-electron chi connectivity index (χ0n) is 14.9. The van der Waals surface area contributed by atoms with Gasteiger partial charge in [0.1, 0.15) is 10.6 Å². The average molecular weight is 358 g/mol. The molecule has 1 aliphatic heterocycles. The zero-order valence-corrected chi connectivity index (χ0v) is 15.7. The van der Waals surface area contributed by atoms with Crippen LogP contribution in [0.5, 0.6) is 0 Å². The van der Waals surface area contributed by atoms with Crippen LogP contribution in [0.25, 0.3) is 0 Å². The third-order valence-electron chi connectivity index (χ3n) is 3.93. The van der Waals surface area contributed by atoms with Gasteiger partial charge in [-0.15, -0.1) is 0 Å². The second kappa shape index (κ2) is 6.81. The fraction of sp³-hybridized carbons (Fsp3) is 0.733. The Morgan fingerprint density at radius 1 is 1.21 bits per heavy atom. The van der Waals surface area contributed by atoms with Crippen molar-refractivity contribution in [2.75, 3.05) is 32.7 Å². The van der Waals surface area contributed by atoms with E-state index in [9.17, 15) is 13.2 Å². The Balaban J connectivity index is 1.99. The molecule has 1 aromatic heterocycles. The minimum absolute atomic E-state index is 0.0145. The summed E-state index contributed by atoms with van der Waals surface area (Å²) < 4.78 is 31.8. The molecule has 1 N–H and O–H groups in total. The molecule has 0 aliphatic carbocycles. The molecule has 1 saturated heterocycles. The molecule has 9 heteroatoms. The van der Waals surface area contributed by atoms with Crippen LogP contribution in [0.15, 0.2) is 9.42 Å². The largest absolute Gasteiger partial charge is 0.360 e. The van der Waals surface area contributed by atoms with Crippen molar-refractivity contribution in [2.45, 2.75) is 45.1 Å². The monoisotopic (exact) mass is 358 g/mol. The highest BCUT2D eigenvalue weighted by Crippen LogP contribution is 2.24. The van der Waals surface area contributed by atoms with Crippen LogP contribution >= 0.6 is 0 Å². The van der Waals surface area contributed by atoms with Crippen LogP contribution in [0.4, 0.5) is 0 Å². The van der Waals surface area contributed by atoms with E-state index >= 15 is 0 Å². The van der Waals surface area contributed by atoms with Crippen LogP contribution in [-0.2, 0) is 14.8 Å². The van der Waals surface area contributed by atoms with Gasteiger partial charge in [0, 0.05) is 31.7 Å². The van der Waals surface area contributed by atoms with Gasteiger partial charge in [-0.3, -0.25) is 4.79 Å². The SMILES string of the molecule is Cc1noc(C)c1S(=O)(=O)N1CCN(C(=O)CNC(C)(C)C)CC1. The number of aryl methyl sites for hydroxylation is 2. The molecule has 2 rings (SSSR count). The molecule has 0 spiro atoms. The van der Waals surface area contributed by atoms with Gasteiger partial charge in [-0.2, -0.15) is 4.31 Å². The fourth-order valence-corrected chi connectivity index (χ4v) is 4.32. The summed E-state index contributed by atoms with van der Waals surface area (Å²) in [5.41, 5.74) is 0.227. The molecule has 0 bridgehead atoms. The molecule has 1 aromatic rings. The summed E-state index contributed by atoms with van der Waals surface area (Å²) >= 11 is 0. The summed E-state index contributed by atoms with van der Waals surface area (Å²) in [6, 6.07) is 0. The molecule has 0 aromatic carbocycles. The van der Waals surface area contributed by atoms with Gasteiger partial charge in [0.15, 0.2) is 5.76 Å². The van der Waals surface area contributed by atoms with Crippen molar-refractivity contribution < 1.29 is 17.7 Å². The number of aromatic nitrogens is 1. The lowest BCUT2D eigenvalue weighted by molar-refractivity contribution is -0.131. The molecule has 0 radical (unpaired) electrons. The van der Waals surface area contributed by atoms with Crippen molar-refractivity contribution in [3.63, 3.8) is 0 Å². The Morgan fingerprint density at radius 2 is 1.79 bits per heavy atom. The number of piperazine rings is 1. The Labute approximate surface area is 143 Å². The first-order chi connectivity index (χ1) is 11.0. The lowest BCUT2D eigenvalue weighted by Crippen LogP contribution is -2.53. The first-order valence-electron chi connectivity index (χ1n) is 7.98. The maximum atomic E-state index is 12.7. The number of nitrogens with one attached hydrogen (secondary N) is 1. The molecule has 0 atom stereocenters. The van der Waals surface area contributed by atoms with Crippen molar-refractivity contribution >= 4 is 15.9 Å². The standard InChI is InChI=1S/C15H26N4O4S/c1-11-14(12(2)23-17-11)24(21,22)19-8-6-18(7-9-19)13(20)10-16-15(3,4)5/h16H,6-10H2,1-5H3. The Kier molecular flexibility index (Phi) is 5.36. The number of sulfonamides is 1. The van der Waals surface area contributed by atoms with Gasteiger partial charge in [0.25, 0.3) is 0 Å². The van der Waals surface area contributed by atoms with Crippen LogP contribution in [-0.4, -0.2) is 66.9 Å². The smallest absolute Gasteiger partial charge is 0.248 e. The van der Waals surface area contributed by atoms with Crippen LogP contribution in [0.1, 0.15) is 32.2 Å². The number of nitrogens with zero attached hydrogens (tertiary/aromatic N) is 3. The molecule has 0 unspecified atom stereocenters. The molecule has 24 heavy (non-hydrogen) atoms. The van der Waals surface area contributed by atoms with E-state index in [1.807, 2.05) is 20.8 Å². The molecule has 136 valence electrons. The van der Waals surface area contributed by atoms with Gasteiger partial charge in [-0.05, 0) is 34.6 Å².